The van der Waals surface area contributed by atoms with Gasteiger partial charge in [-0.2, -0.15) is 0 Å². The average molecular weight is 218 g/mol. The van der Waals surface area contributed by atoms with E-state index in [0.29, 0.717) is 12.0 Å². The SMILES string of the molecule is CC(=O)C1Cc2cc(C)cc(C)c2C(=O)O1. The fourth-order valence-electron chi connectivity index (χ4n) is 2.16. The molecule has 1 atom stereocenters. The van der Waals surface area contributed by atoms with Gasteiger partial charge in [-0.1, -0.05) is 17.7 Å². The summed E-state index contributed by atoms with van der Waals surface area (Å²) in [7, 11) is 0. The Bertz CT molecular complexity index is 474. The summed E-state index contributed by atoms with van der Waals surface area (Å²) >= 11 is 0. The van der Waals surface area contributed by atoms with Crippen molar-refractivity contribution < 1.29 is 14.3 Å². The highest BCUT2D eigenvalue weighted by molar-refractivity contribution is 5.97. The summed E-state index contributed by atoms with van der Waals surface area (Å²) < 4.78 is 5.11. The zero-order valence-electron chi connectivity index (χ0n) is 9.66. The van der Waals surface area contributed by atoms with E-state index in [1.54, 1.807) is 0 Å². The largest absolute Gasteiger partial charge is 0.450 e. The number of carbonyl (C=O) groups is 2. The van der Waals surface area contributed by atoms with Crippen LogP contribution in [-0.2, 0) is 16.0 Å². The third-order valence-corrected chi connectivity index (χ3v) is 2.87. The molecular formula is C13H14O3. The van der Waals surface area contributed by atoms with Crippen molar-refractivity contribution in [2.24, 2.45) is 0 Å². The molecular weight excluding hydrogens is 204 g/mol. The molecule has 16 heavy (non-hydrogen) atoms. The normalized spacial score (nSPS) is 18.9. The number of esters is 1. The van der Waals surface area contributed by atoms with Gasteiger partial charge in [-0.15, -0.1) is 0 Å². The van der Waals surface area contributed by atoms with Gasteiger partial charge in [0, 0.05) is 6.42 Å². The predicted octanol–water partition coefficient (Wildman–Crippen LogP) is 1.97. The first kappa shape index (κ1) is 10.9. The molecule has 0 spiro atoms. The minimum absolute atomic E-state index is 0.0989. The van der Waals surface area contributed by atoms with E-state index < -0.39 is 6.10 Å². The second kappa shape index (κ2) is 3.74. The molecule has 1 aromatic carbocycles. The van der Waals surface area contributed by atoms with Crippen molar-refractivity contribution in [1.29, 1.82) is 0 Å². The molecule has 1 aliphatic heterocycles. The molecule has 1 aliphatic rings. The quantitative estimate of drug-likeness (QED) is 0.677. The smallest absolute Gasteiger partial charge is 0.339 e. The Hall–Kier alpha value is -1.64. The second-order valence-corrected chi connectivity index (χ2v) is 4.32. The summed E-state index contributed by atoms with van der Waals surface area (Å²) in [5.74, 6) is -0.475. The Morgan fingerprint density at radius 3 is 2.69 bits per heavy atom. The summed E-state index contributed by atoms with van der Waals surface area (Å²) in [5, 5.41) is 0. The van der Waals surface area contributed by atoms with Crippen LogP contribution in [0.1, 0.15) is 34.0 Å². The summed E-state index contributed by atoms with van der Waals surface area (Å²) in [4.78, 5) is 23.0. The van der Waals surface area contributed by atoms with Gasteiger partial charge >= 0.3 is 5.97 Å². The van der Waals surface area contributed by atoms with Crippen molar-refractivity contribution in [2.75, 3.05) is 0 Å². The Balaban J connectivity index is 2.50. The van der Waals surface area contributed by atoms with Gasteiger partial charge in [-0.3, -0.25) is 4.79 Å². The first-order valence-corrected chi connectivity index (χ1v) is 5.30. The molecule has 1 heterocycles. The minimum Gasteiger partial charge on any atom is -0.450 e. The molecule has 0 N–H and O–H groups in total. The maximum atomic E-state index is 11.8. The van der Waals surface area contributed by atoms with Crippen LogP contribution in [0.15, 0.2) is 12.1 Å². The molecule has 0 bridgehead atoms. The standard InChI is InChI=1S/C13H14O3/c1-7-4-8(2)12-10(5-7)6-11(9(3)14)16-13(12)15/h4-5,11H,6H2,1-3H3. The van der Waals surface area contributed by atoms with Gasteiger partial charge in [0.2, 0.25) is 0 Å². The number of cyclic esters (lactones) is 1. The Morgan fingerprint density at radius 2 is 2.06 bits per heavy atom. The molecule has 1 aromatic rings. The highest BCUT2D eigenvalue weighted by Gasteiger charge is 2.30. The minimum atomic E-state index is -0.610. The molecule has 0 fully saturated rings. The van der Waals surface area contributed by atoms with Crippen LogP contribution < -0.4 is 0 Å². The highest BCUT2D eigenvalue weighted by atomic mass is 16.5. The lowest BCUT2D eigenvalue weighted by atomic mass is 9.92. The topological polar surface area (TPSA) is 43.4 Å². The zero-order valence-corrected chi connectivity index (χ0v) is 9.66. The third kappa shape index (κ3) is 1.73. The van der Waals surface area contributed by atoms with E-state index >= 15 is 0 Å². The number of rotatable bonds is 1. The van der Waals surface area contributed by atoms with E-state index in [-0.39, 0.29) is 11.8 Å². The van der Waals surface area contributed by atoms with Gasteiger partial charge in [0.25, 0.3) is 0 Å². The van der Waals surface area contributed by atoms with E-state index in [1.807, 2.05) is 26.0 Å². The van der Waals surface area contributed by atoms with Gasteiger partial charge in [0.15, 0.2) is 11.9 Å². The number of benzene rings is 1. The number of Topliss-reactive ketones (excluding diaryl/α,β-unsaturated/α-hetero) is 1. The van der Waals surface area contributed by atoms with Crippen LogP contribution in [0.2, 0.25) is 0 Å². The molecule has 84 valence electrons. The van der Waals surface area contributed by atoms with E-state index in [2.05, 4.69) is 0 Å². The summed E-state index contributed by atoms with van der Waals surface area (Å²) in [6, 6.07) is 3.91. The fourth-order valence-corrected chi connectivity index (χ4v) is 2.16. The van der Waals surface area contributed by atoms with Crippen molar-refractivity contribution in [3.8, 4) is 0 Å². The van der Waals surface area contributed by atoms with E-state index in [4.69, 9.17) is 4.74 Å². The molecule has 1 unspecified atom stereocenters. The first-order chi connectivity index (χ1) is 7.49. The average Bonchev–Trinajstić information content (AvgIpc) is 2.15. The van der Waals surface area contributed by atoms with Crippen LogP contribution in [0.3, 0.4) is 0 Å². The number of hydrogen-bond acceptors (Lipinski definition) is 3. The van der Waals surface area contributed by atoms with Crippen LogP contribution in [0, 0.1) is 13.8 Å². The van der Waals surface area contributed by atoms with Gasteiger partial charge in [0.05, 0.1) is 5.56 Å². The van der Waals surface area contributed by atoms with Crippen LogP contribution in [-0.4, -0.2) is 17.9 Å². The number of fused-ring (bicyclic) bond motifs is 1. The number of ketones is 1. The van der Waals surface area contributed by atoms with Crippen molar-refractivity contribution in [2.45, 2.75) is 33.3 Å². The van der Waals surface area contributed by atoms with Crippen LogP contribution in [0.4, 0.5) is 0 Å². The van der Waals surface area contributed by atoms with Crippen molar-refractivity contribution in [3.63, 3.8) is 0 Å². The Kier molecular flexibility index (Phi) is 2.54. The highest BCUT2D eigenvalue weighted by Crippen LogP contribution is 2.25. The van der Waals surface area contributed by atoms with E-state index in [1.165, 1.54) is 6.92 Å². The van der Waals surface area contributed by atoms with Crippen molar-refractivity contribution in [3.05, 3.63) is 34.4 Å². The maximum Gasteiger partial charge on any atom is 0.339 e. The number of ether oxygens (including phenoxy) is 1. The number of carbonyl (C=O) groups excluding carboxylic acids is 2. The summed E-state index contributed by atoms with van der Waals surface area (Å²) in [6.45, 7) is 5.32. The van der Waals surface area contributed by atoms with Gasteiger partial charge < -0.3 is 4.74 Å². The van der Waals surface area contributed by atoms with E-state index in [9.17, 15) is 9.59 Å². The molecule has 0 aromatic heterocycles. The number of aryl methyl sites for hydroxylation is 2. The molecule has 3 heteroatoms. The fraction of sp³-hybridized carbons (Fsp3) is 0.385. The van der Waals surface area contributed by atoms with Gasteiger partial charge in [-0.25, -0.2) is 4.79 Å². The lowest BCUT2D eigenvalue weighted by Crippen LogP contribution is -2.33. The molecule has 0 saturated carbocycles. The first-order valence-electron chi connectivity index (χ1n) is 5.30. The van der Waals surface area contributed by atoms with Gasteiger partial charge in [0.1, 0.15) is 0 Å². The zero-order chi connectivity index (χ0) is 11.9. The van der Waals surface area contributed by atoms with Gasteiger partial charge in [-0.05, 0) is 31.9 Å². The maximum absolute atomic E-state index is 11.8. The van der Waals surface area contributed by atoms with Crippen LogP contribution in [0.25, 0.3) is 0 Å². The van der Waals surface area contributed by atoms with Crippen molar-refractivity contribution >= 4 is 11.8 Å². The second-order valence-electron chi connectivity index (χ2n) is 4.32. The van der Waals surface area contributed by atoms with Crippen molar-refractivity contribution in [1.82, 2.24) is 0 Å². The monoisotopic (exact) mass is 218 g/mol. The Morgan fingerprint density at radius 1 is 1.38 bits per heavy atom. The molecule has 0 radical (unpaired) electrons. The predicted molar refractivity (Wildman–Crippen MR) is 59.5 cm³/mol. The molecule has 2 rings (SSSR count). The van der Waals surface area contributed by atoms with Crippen LogP contribution in [0.5, 0.6) is 0 Å². The Labute approximate surface area is 94.4 Å². The molecule has 0 amide bonds. The lowest BCUT2D eigenvalue weighted by molar-refractivity contribution is -0.125. The van der Waals surface area contributed by atoms with E-state index in [0.717, 1.165) is 16.7 Å². The molecule has 0 saturated heterocycles. The third-order valence-electron chi connectivity index (χ3n) is 2.87. The van der Waals surface area contributed by atoms with Crippen LogP contribution >= 0.6 is 0 Å². The summed E-state index contributed by atoms with van der Waals surface area (Å²) in [5.41, 5.74) is 3.58. The molecule has 0 aliphatic carbocycles. The summed E-state index contributed by atoms with van der Waals surface area (Å²) in [6.07, 6.45) is -0.111. The number of hydrogen-bond donors (Lipinski definition) is 0. The lowest BCUT2D eigenvalue weighted by Gasteiger charge is -2.24. The molecule has 3 nitrogen and oxygen atoms in total.